The molecule has 0 spiro atoms. The molecule has 7 aliphatic rings. The number of hydrogen-bond acceptors (Lipinski definition) is 42. The Morgan fingerprint density at radius 3 is 0.384 bits per heavy atom. The molecular formula is C42H49MgO42V-5. The van der Waals surface area contributed by atoms with Crippen LogP contribution >= 0.6 is 0 Å². The first kappa shape index (κ1) is 80.5. The van der Waals surface area contributed by atoms with Gasteiger partial charge in [-0.25, -0.2) is 33.6 Å². The maximum absolute atomic E-state index is 10.6. The summed E-state index contributed by atoms with van der Waals surface area (Å²) in [4.78, 5) is 73.3. The molecule has 0 saturated heterocycles. The van der Waals surface area contributed by atoms with Crippen molar-refractivity contribution >= 4 is 64.8 Å². The van der Waals surface area contributed by atoms with Gasteiger partial charge in [0.1, 0.15) is 83.0 Å². The van der Waals surface area contributed by atoms with Crippen LogP contribution in [0.1, 0.15) is 0 Å². The summed E-state index contributed by atoms with van der Waals surface area (Å²) in [6, 6.07) is 0. The van der Waals surface area contributed by atoms with Crippen LogP contribution in [0.2, 0.25) is 0 Å². The molecule has 0 saturated carbocycles. The Morgan fingerprint density at radius 1 is 0.256 bits per heavy atom. The Morgan fingerprint density at radius 2 is 0.337 bits per heavy atom. The molecular weight excluding hydrogens is 1250 g/mol. The second-order valence-corrected chi connectivity index (χ2v) is 16.0. The van der Waals surface area contributed by atoms with Crippen LogP contribution in [-0.2, 0) is 85.3 Å². The van der Waals surface area contributed by atoms with E-state index in [0.29, 0.717) is 0 Å². The third kappa shape index (κ3) is 20.3. The quantitative estimate of drug-likeness (QED) is 0.0436. The van der Waals surface area contributed by atoms with E-state index >= 15 is 0 Å². The van der Waals surface area contributed by atoms with Gasteiger partial charge in [-0.1, -0.05) is 0 Å². The third-order valence-electron chi connectivity index (χ3n) is 10.2. The van der Waals surface area contributed by atoms with Crippen LogP contribution < -0.4 is 35.7 Å². The van der Waals surface area contributed by atoms with Crippen molar-refractivity contribution in [2.75, 3.05) is 46.2 Å². The molecule has 7 heterocycles. The summed E-state index contributed by atoms with van der Waals surface area (Å²) in [6.45, 7) is -4.89. The normalized spacial score (nSPS) is 25.2. The summed E-state index contributed by atoms with van der Waals surface area (Å²) < 4.78 is 29.8. The molecule has 0 aromatic carbocycles. The maximum Gasteiger partial charge on any atom is 2.00 e. The van der Waals surface area contributed by atoms with Crippen LogP contribution in [0.3, 0.4) is 0 Å². The van der Waals surface area contributed by atoms with Gasteiger partial charge in [0.05, 0.1) is 46.2 Å². The Bertz CT molecular complexity index is 2130. The predicted octanol–water partition coefficient (Wildman–Crippen LogP) is -18.6. The molecule has 0 aromatic rings. The summed E-state index contributed by atoms with van der Waals surface area (Å²) in [5.41, 5.74) is 0. The molecule has 44 heteroatoms. The van der Waals surface area contributed by atoms with Gasteiger partial charge in [0.25, 0.3) is 0 Å². The third-order valence-corrected chi connectivity index (χ3v) is 10.2. The van der Waals surface area contributed by atoms with Crippen LogP contribution in [0.5, 0.6) is 0 Å². The number of cyclic esters (lactones) is 7. The first-order valence-corrected chi connectivity index (χ1v) is 22.2. The molecule has 0 unspecified atom stereocenters. The van der Waals surface area contributed by atoms with Gasteiger partial charge in [0, 0.05) is 58.9 Å². The molecule has 0 aliphatic carbocycles. The smallest absolute Gasteiger partial charge is 0.865 e. The Balaban J connectivity index is 0. The molecule has 86 heavy (non-hydrogen) atoms. The van der Waals surface area contributed by atoms with Crippen LogP contribution in [-0.4, -0.2) is 304 Å². The van der Waals surface area contributed by atoms with Crippen molar-refractivity contribution < 1.29 is 228 Å². The largest absolute Gasteiger partial charge is 2.00 e. The number of esters is 7. The molecule has 0 bridgehead atoms. The Kier molecular flexibility index (Phi) is 34.1. The average molecular weight is 1300 g/mol. The van der Waals surface area contributed by atoms with Crippen molar-refractivity contribution in [3.05, 3.63) is 80.6 Å². The van der Waals surface area contributed by atoms with E-state index in [1.165, 1.54) is 0 Å². The van der Waals surface area contributed by atoms with Crippen LogP contribution in [0, 0.1) is 0 Å². The van der Waals surface area contributed by atoms with E-state index in [9.17, 15) is 69.3 Å². The van der Waals surface area contributed by atoms with Crippen LogP contribution in [0.15, 0.2) is 80.6 Å². The molecule has 14 atom stereocenters. The first-order valence-electron chi connectivity index (χ1n) is 22.2. The summed E-state index contributed by atoms with van der Waals surface area (Å²) >= 11 is 0. The van der Waals surface area contributed by atoms with Gasteiger partial charge in [0.2, 0.25) is 0 Å². The minimum absolute atomic E-state index is 0. The van der Waals surface area contributed by atoms with Gasteiger partial charge in [0.15, 0.2) is 42.7 Å². The average Bonchev–Trinajstić information content (AvgIpc) is 4.49. The Hall–Kier alpha value is -7.54. The van der Waals surface area contributed by atoms with E-state index in [1.54, 1.807) is 0 Å². The number of aliphatic hydroxyl groups excluding tert-OH is 21. The molecule has 1 radical (unpaired) electrons. The molecule has 0 aromatic heterocycles. The Labute approximate surface area is 503 Å². The second kappa shape index (κ2) is 36.5. The predicted molar refractivity (Wildman–Crippen MR) is 234 cm³/mol. The van der Waals surface area contributed by atoms with E-state index < -0.39 is 254 Å². The zero-order valence-electron chi connectivity index (χ0n) is 42.7. The van der Waals surface area contributed by atoms with Gasteiger partial charge in [-0.05, 0) is 0 Å². The molecule has 7 rings (SSSR count). The van der Waals surface area contributed by atoms with Crippen molar-refractivity contribution in [3.8, 4) is 0 Å². The zero-order chi connectivity index (χ0) is 65.1. The fraction of sp³-hybridized carbons (Fsp3) is 0.500. The topological polar surface area (TPSA) is 770 Å². The van der Waals surface area contributed by atoms with E-state index in [2.05, 4.69) is 33.2 Å². The van der Waals surface area contributed by atoms with E-state index in [0.717, 1.165) is 0 Å². The number of aliphatic hydroxyl groups is 21. The van der Waals surface area contributed by atoms with Crippen molar-refractivity contribution in [3.63, 3.8) is 0 Å². The fourth-order valence-corrected chi connectivity index (χ4v) is 5.70. The van der Waals surface area contributed by atoms with Gasteiger partial charge >= 0.3 is 64.8 Å². The molecule has 481 valence electrons. The number of carbonyl (C=O) groups excluding carboxylic acids is 7. The minimum atomic E-state index is -1.46. The maximum atomic E-state index is 10.6. The summed E-state index contributed by atoms with van der Waals surface area (Å²) in [6.07, 6.45) is -20.2. The van der Waals surface area contributed by atoms with Crippen molar-refractivity contribution in [1.29, 1.82) is 0 Å². The molecule has 21 N–H and O–H groups in total. The number of ether oxygens (including phenoxy) is 7. The van der Waals surface area contributed by atoms with Gasteiger partial charge in [-0.2, -0.15) is 0 Å². The SMILES string of the molecule is O=C1O[C@H]([C@@H](O)CO)C(O)=C1[O-].O=C1O[C@H]([C@@H](O)CO)C(O)=C1[O-].O=C1O[C@H]([C@@H](O)CO)C(O)=C1[O-].O=C1O[C@H]([C@@H](O)CO)C(O)=C1[O-].O=C1O[C@H]([C@@H](O)CO)C(O)=C1[O-].O=C1O[C@H]([C@@H](O)CO)C(O)=C1[O-].O=C1O[C@H]([C@@H](O)CO)C(O)=C1[O-].[Mg+2].[V]. The minimum Gasteiger partial charge on any atom is -0.865 e. The summed E-state index contributed by atoms with van der Waals surface area (Å²) in [7, 11) is 0. The standard InChI is InChI=1S/7C6H8O6.Mg.V/c7*7-1-2(8)5-3(9)4(10)6(11)12-5;;/h7*2,5,7-10H,1H2;;/q;;;;;;;+2;/p-7/t7*2-,5+;;/m0000000../s1. The molecule has 0 amide bonds. The summed E-state index contributed by atoms with van der Waals surface area (Å²) in [5, 5.41) is 257. The number of carbonyl (C=O) groups is 7. The van der Waals surface area contributed by atoms with Crippen molar-refractivity contribution in [1.82, 2.24) is 0 Å². The van der Waals surface area contributed by atoms with Gasteiger partial charge < -0.3 is 176 Å². The van der Waals surface area contributed by atoms with Crippen molar-refractivity contribution in [2.24, 2.45) is 0 Å². The molecule has 0 fully saturated rings. The van der Waals surface area contributed by atoms with E-state index in [-0.39, 0.29) is 41.6 Å². The van der Waals surface area contributed by atoms with Gasteiger partial charge in [-0.3, -0.25) is 0 Å². The van der Waals surface area contributed by atoms with E-state index in [4.69, 9.17) is 107 Å². The monoisotopic (exact) mass is 1300 g/mol. The number of rotatable bonds is 14. The molecule has 7 aliphatic heterocycles. The van der Waals surface area contributed by atoms with E-state index in [1.807, 2.05) is 0 Å². The van der Waals surface area contributed by atoms with Crippen molar-refractivity contribution in [2.45, 2.75) is 85.5 Å². The molecule has 42 nitrogen and oxygen atoms in total. The number of hydrogen-bond donors (Lipinski definition) is 21. The fourth-order valence-electron chi connectivity index (χ4n) is 5.70. The van der Waals surface area contributed by atoms with Crippen LogP contribution in [0.25, 0.3) is 0 Å². The van der Waals surface area contributed by atoms with Crippen LogP contribution in [0.4, 0.5) is 0 Å². The zero-order valence-corrected chi connectivity index (χ0v) is 45.5. The second-order valence-electron chi connectivity index (χ2n) is 16.0. The first-order chi connectivity index (χ1) is 39.0. The van der Waals surface area contributed by atoms with Gasteiger partial charge in [-0.15, -0.1) is 0 Å². The summed E-state index contributed by atoms with van der Waals surface area (Å²) in [5.74, 6) is -22.8.